The van der Waals surface area contributed by atoms with Crippen LogP contribution in [0, 0.1) is 0 Å². The monoisotopic (exact) mass is 247 g/mol. The van der Waals surface area contributed by atoms with Gasteiger partial charge in [-0.1, -0.05) is 6.07 Å². The summed E-state index contributed by atoms with van der Waals surface area (Å²) >= 11 is 1.62. The normalized spacial score (nSPS) is 12.1. The molecule has 1 atom stereocenters. The summed E-state index contributed by atoms with van der Waals surface area (Å²) < 4.78 is 0. The zero-order valence-electron chi connectivity index (χ0n) is 9.38. The summed E-state index contributed by atoms with van der Waals surface area (Å²) in [5.41, 5.74) is 6.44. The number of carbonyl (C=O) groups excluding carboxylic acids is 1. The number of pyridine rings is 1. The van der Waals surface area contributed by atoms with Crippen molar-refractivity contribution in [3.63, 3.8) is 0 Å². The third kappa shape index (κ3) is 2.82. The molecule has 88 valence electrons. The van der Waals surface area contributed by atoms with Gasteiger partial charge in [0.05, 0.1) is 17.9 Å². The van der Waals surface area contributed by atoms with Gasteiger partial charge in [0.1, 0.15) is 5.69 Å². The number of hydrogen-bond acceptors (Lipinski definition) is 4. The molecule has 0 spiro atoms. The van der Waals surface area contributed by atoms with Crippen LogP contribution in [0.1, 0.15) is 28.3 Å². The minimum atomic E-state index is -0.189. The van der Waals surface area contributed by atoms with Crippen LogP contribution in [0.15, 0.2) is 35.8 Å². The molecule has 0 radical (unpaired) electrons. The lowest BCUT2D eigenvalue weighted by molar-refractivity contribution is 0.0935. The molecule has 5 heteroatoms. The number of nitrogens with zero attached hydrogens (tertiary/aromatic N) is 1. The molecule has 0 aromatic carbocycles. The molecule has 17 heavy (non-hydrogen) atoms. The molecule has 2 heterocycles. The van der Waals surface area contributed by atoms with Gasteiger partial charge in [0.25, 0.3) is 5.91 Å². The van der Waals surface area contributed by atoms with Crippen LogP contribution in [0.25, 0.3) is 0 Å². The molecule has 0 saturated carbocycles. The van der Waals surface area contributed by atoms with Crippen molar-refractivity contribution < 1.29 is 4.79 Å². The van der Waals surface area contributed by atoms with Crippen molar-refractivity contribution in [2.75, 3.05) is 5.73 Å². The smallest absolute Gasteiger partial charge is 0.270 e. The summed E-state index contributed by atoms with van der Waals surface area (Å²) in [7, 11) is 0. The topological polar surface area (TPSA) is 68.0 Å². The van der Waals surface area contributed by atoms with E-state index in [1.165, 1.54) is 6.20 Å². The third-order valence-electron chi connectivity index (χ3n) is 2.34. The number of anilines is 1. The number of hydrogen-bond donors (Lipinski definition) is 2. The van der Waals surface area contributed by atoms with Crippen molar-refractivity contribution in [3.8, 4) is 0 Å². The number of nitrogens with two attached hydrogens (primary N) is 1. The lowest BCUT2D eigenvalue weighted by atomic mass is 10.2. The molecule has 0 aliphatic heterocycles. The van der Waals surface area contributed by atoms with E-state index in [1.807, 2.05) is 24.4 Å². The second-order valence-electron chi connectivity index (χ2n) is 3.69. The Hall–Kier alpha value is -1.88. The average molecular weight is 247 g/mol. The first-order valence-corrected chi connectivity index (χ1v) is 6.10. The highest BCUT2D eigenvalue weighted by atomic mass is 32.1. The van der Waals surface area contributed by atoms with E-state index in [-0.39, 0.29) is 11.9 Å². The Morgan fingerprint density at radius 1 is 1.47 bits per heavy atom. The van der Waals surface area contributed by atoms with E-state index in [4.69, 9.17) is 5.73 Å². The predicted molar refractivity (Wildman–Crippen MR) is 68.8 cm³/mol. The number of nitrogens with one attached hydrogen (secondary N) is 1. The third-order valence-corrected chi connectivity index (χ3v) is 3.39. The molecule has 0 fully saturated rings. The molecule has 4 nitrogen and oxygen atoms in total. The number of rotatable bonds is 3. The van der Waals surface area contributed by atoms with Gasteiger partial charge < -0.3 is 11.1 Å². The maximum Gasteiger partial charge on any atom is 0.270 e. The summed E-state index contributed by atoms with van der Waals surface area (Å²) in [6.45, 7) is 1.95. The quantitative estimate of drug-likeness (QED) is 0.873. The average Bonchev–Trinajstić information content (AvgIpc) is 2.83. The van der Waals surface area contributed by atoms with E-state index in [0.717, 1.165) is 4.88 Å². The molecular formula is C12H13N3OS. The molecule has 0 aliphatic carbocycles. The highest BCUT2D eigenvalue weighted by Crippen LogP contribution is 2.18. The summed E-state index contributed by atoms with van der Waals surface area (Å²) in [6.07, 6.45) is 1.48. The molecule has 2 aromatic rings. The Kier molecular flexibility index (Phi) is 3.39. The van der Waals surface area contributed by atoms with Crippen LogP contribution in [0.4, 0.5) is 5.69 Å². The van der Waals surface area contributed by atoms with Gasteiger partial charge in [-0.3, -0.25) is 4.79 Å². The lowest BCUT2D eigenvalue weighted by Crippen LogP contribution is -2.26. The van der Waals surface area contributed by atoms with Crippen LogP contribution in [0.5, 0.6) is 0 Å². The van der Waals surface area contributed by atoms with Gasteiger partial charge in [0.15, 0.2) is 0 Å². The van der Waals surface area contributed by atoms with Gasteiger partial charge in [0.2, 0.25) is 0 Å². The number of carbonyl (C=O) groups is 1. The Balaban J connectivity index is 2.04. The largest absolute Gasteiger partial charge is 0.397 e. The number of aromatic nitrogens is 1. The van der Waals surface area contributed by atoms with Crippen LogP contribution in [0.3, 0.4) is 0 Å². The SMILES string of the molecule is C[C@H](NC(=O)c1ccc(N)cn1)c1cccs1. The fourth-order valence-electron chi connectivity index (χ4n) is 1.42. The van der Waals surface area contributed by atoms with Gasteiger partial charge in [-0.15, -0.1) is 11.3 Å². The zero-order chi connectivity index (χ0) is 12.3. The Labute approximate surface area is 103 Å². The summed E-state index contributed by atoms with van der Waals surface area (Å²) in [4.78, 5) is 16.9. The number of thiophene rings is 1. The van der Waals surface area contributed by atoms with Crippen molar-refractivity contribution >= 4 is 22.9 Å². The van der Waals surface area contributed by atoms with E-state index < -0.39 is 0 Å². The van der Waals surface area contributed by atoms with Gasteiger partial charge >= 0.3 is 0 Å². The Bertz CT molecular complexity index is 493. The van der Waals surface area contributed by atoms with E-state index in [9.17, 15) is 4.79 Å². The van der Waals surface area contributed by atoms with E-state index in [1.54, 1.807) is 23.5 Å². The van der Waals surface area contributed by atoms with E-state index >= 15 is 0 Å². The van der Waals surface area contributed by atoms with Crippen LogP contribution in [-0.2, 0) is 0 Å². The van der Waals surface area contributed by atoms with Crippen molar-refractivity contribution in [3.05, 3.63) is 46.4 Å². The second kappa shape index (κ2) is 4.97. The molecule has 2 rings (SSSR count). The highest BCUT2D eigenvalue weighted by Gasteiger charge is 2.12. The maximum absolute atomic E-state index is 11.9. The molecule has 3 N–H and O–H groups in total. The standard InChI is InChI=1S/C12H13N3OS/c1-8(11-3-2-6-17-11)15-12(16)10-5-4-9(13)7-14-10/h2-8H,13H2,1H3,(H,15,16)/t8-/m0/s1. The minimum Gasteiger partial charge on any atom is -0.397 e. The van der Waals surface area contributed by atoms with Gasteiger partial charge in [-0.2, -0.15) is 0 Å². The first-order chi connectivity index (χ1) is 8.16. The maximum atomic E-state index is 11.9. The van der Waals surface area contributed by atoms with Crippen molar-refractivity contribution in [1.29, 1.82) is 0 Å². The molecule has 0 saturated heterocycles. The van der Waals surface area contributed by atoms with Gasteiger partial charge in [-0.05, 0) is 30.5 Å². The summed E-state index contributed by atoms with van der Waals surface area (Å²) in [5.74, 6) is -0.189. The summed E-state index contributed by atoms with van der Waals surface area (Å²) in [6, 6.07) is 7.22. The van der Waals surface area contributed by atoms with Gasteiger partial charge in [-0.25, -0.2) is 4.98 Å². The highest BCUT2D eigenvalue weighted by molar-refractivity contribution is 7.10. The first-order valence-electron chi connectivity index (χ1n) is 5.22. The summed E-state index contributed by atoms with van der Waals surface area (Å²) in [5, 5.41) is 4.87. The first kappa shape index (κ1) is 11.6. The van der Waals surface area contributed by atoms with Gasteiger partial charge in [0, 0.05) is 4.88 Å². The lowest BCUT2D eigenvalue weighted by Gasteiger charge is -2.11. The molecule has 0 unspecified atom stereocenters. The van der Waals surface area contributed by atoms with E-state index in [0.29, 0.717) is 11.4 Å². The van der Waals surface area contributed by atoms with Crippen molar-refractivity contribution in [2.24, 2.45) is 0 Å². The molecular weight excluding hydrogens is 234 g/mol. The molecule has 2 aromatic heterocycles. The van der Waals surface area contributed by atoms with E-state index in [2.05, 4.69) is 10.3 Å². The van der Waals surface area contributed by atoms with Crippen LogP contribution >= 0.6 is 11.3 Å². The minimum absolute atomic E-state index is 0.0122. The zero-order valence-corrected chi connectivity index (χ0v) is 10.2. The van der Waals surface area contributed by atoms with Crippen LogP contribution in [0.2, 0.25) is 0 Å². The number of nitrogen functional groups attached to an aromatic ring is 1. The fourth-order valence-corrected chi connectivity index (χ4v) is 2.15. The molecule has 0 bridgehead atoms. The second-order valence-corrected chi connectivity index (χ2v) is 4.67. The van der Waals surface area contributed by atoms with Crippen LogP contribution in [-0.4, -0.2) is 10.9 Å². The number of amides is 1. The Morgan fingerprint density at radius 3 is 2.88 bits per heavy atom. The van der Waals surface area contributed by atoms with Crippen molar-refractivity contribution in [2.45, 2.75) is 13.0 Å². The van der Waals surface area contributed by atoms with Crippen LogP contribution < -0.4 is 11.1 Å². The molecule has 0 aliphatic rings. The Morgan fingerprint density at radius 2 is 2.29 bits per heavy atom. The fraction of sp³-hybridized carbons (Fsp3) is 0.167. The predicted octanol–water partition coefficient (Wildman–Crippen LogP) is 2.22. The van der Waals surface area contributed by atoms with Crippen molar-refractivity contribution in [1.82, 2.24) is 10.3 Å². The molecule has 1 amide bonds.